The molecule has 0 aromatic heterocycles. The number of hydrogen-bond donors (Lipinski definition) is 1. The molecule has 1 atom stereocenters. The highest BCUT2D eigenvalue weighted by molar-refractivity contribution is 6.46. The SMILES string of the molecule is CCN(CC)CCN1C(=O)C(=O)C(=C(O)c2ccccc2OC)C1c1ccc(OC)c(OC)c1. The van der Waals surface area contributed by atoms with Crippen LogP contribution in [0.4, 0.5) is 0 Å². The molecule has 1 amide bonds. The number of hydrogen-bond acceptors (Lipinski definition) is 7. The number of aliphatic hydroxyl groups is 1. The molecule has 2 aromatic rings. The molecule has 0 aliphatic carbocycles. The Morgan fingerprint density at radius 1 is 0.941 bits per heavy atom. The highest BCUT2D eigenvalue weighted by Crippen LogP contribution is 2.42. The van der Waals surface area contributed by atoms with E-state index in [9.17, 15) is 14.7 Å². The van der Waals surface area contributed by atoms with Gasteiger partial charge < -0.3 is 29.1 Å². The van der Waals surface area contributed by atoms with Crippen LogP contribution in [0.3, 0.4) is 0 Å². The Hall–Kier alpha value is -3.52. The van der Waals surface area contributed by atoms with E-state index in [4.69, 9.17) is 14.2 Å². The lowest BCUT2D eigenvalue weighted by molar-refractivity contribution is -0.140. The molecule has 1 saturated heterocycles. The molecule has 1 heterocycles. The quantitative estimate of drug-likeness (QED) is 0.324. The van der Waals surface area contributed by atoms with E-state index >= 15 is 0 Å². The van der Waals surface area contributed by atoms with Crippen molar-refractivity contribution in [2.75, 3.05) is 47.5 Å². The summed E-state index contributed by atoms with van der Waals surface area (Å²) in [6.45, 7) is 6.66. The first-order chi connectivity index (χ1) is 16.4. The van der Waals surface area contributed by atoms with Crippen molar-refractivity contribution >= 4 is 17.4 Å². The van der Waals surface area contributed by atoms with Crippen molar-refractivity contribution in [3.63, 3.8) is 0 Å². The molecule has 1 aliphatic heterocycles. The van der Waals surface area contributed by atoms with E-state index in [-0.39, 0.29) is 11.3 Å². The van der Waals surface area contributed by atoms with Crippen LogP contribution in [0.2, 0.25) is 0 Å². The molecule has 0 radical (unpaired) electrons. The van der Waals surface area contributed by atoms with Gasteiger partial charge >= 0.3 is 0 Å². The summed E-state index contributed by atoms with van der Waals surface area (Å²) in [6.07, 6.45) is 0. The first kappa shape index (κ1) is 25.1. The highest BCUT2D eigenvalue weighted by atomic mass is 16.5. The third kappa shape index (κ3) is 4.72. The molecular weight excluding hydrogens is 436 g/mol. The maximum absolute atomic E-state index is 13.3. The zero-order valence-corrected chi connectivity index (χ0v) is 20.3. The Labute approximate surface area is 200 Å². The molecule has 1 fully saturated rings. The number of methoxy groups -OCH3 is 3. The third-order valence-corrected chi connectivity index (χ3v) is 6.18. The molecule has 0 spiro atoms. The second-order valence-corrected chi connectivity index (χ2v) is 7.83. The Morgan fingerprint density at radius 3 is 2.21 bits per heavy atom. The average molecular weight is 469 g/mol. The molecule has 8 nitrogen and oxygen atoms in total. The summed E-state index contributed by atoms with van der Waals surface area (Å²) in [6, 6.07) is 11.3. The fourth-order valence-corrected chi connectivity index (χ4v) is 4.25. The van der Waals surface area contributed by atoms with Crippen LogP contribution in [-0.2, 0) is 9.59 Å². The van der Waals surface area contributed by atoms with Crippen LogP contribution in [0, 0.1) is 0 Å². The molecule has 1 aliphatic rings. The van der Waals surface area contributed by atoms with Gasteiger partial charge in [-0.15, -0.1) is 0 Å². The van der Waals surface area contributed by atoms with E-state index in [0.717, 1.165) is 13.1 Å². The minimum Gasteiger partial charge on any atom is -0.507 e. The third-order valence-electron chi connectivity index (χ3n) is 6.18. The Kier molecular flexibility index (Phi) is 8.17. The molecule has 0 bridgehead atoms. The molecule has 182 valence electrons. The van der Waals surface area contributed by atoms with Gasteiger partial charge in [0, 0.05) is 13.1 Å². The number of amides is 1. The lowest BCUT2D eigenvalue weighted by atomic mass is 9.94. The van der Waals surface area contributed by atoms with E-state index in [1.54, 1.807) is 42.5 Å². The first-order valence-corrected chi connectivity index (χ1v) is 11.3. The summed E-state index contributed by atoms with van der Waals surface area (Å²) < 4.78 is 16.2. The van der Waals surface area contributed by atoms with Crippen LogP contribution in [0.5, 0.6) is 17.2 Å². The summed E-state index contributed by atoms with van der Waals surface area (Å²) in [4.78, 5) is 30.1. The zero-order valence-electron chi connectivity index (χ0n) is 20.3. The van der Waals surface area contributed by atoms with Crippen molar-refractivity contribution in [1.29, 1.82) is 0 Å². The molecule has 1 unspecified atom stereocenters. The number of likely N-dealkylation sites (N-methyl/N-ethyl adjacent to an activating group) is 1. The smallest absolute Gasteiger partial charge is 0.295 e. The van der Waals surface area contributed by atoms with Gasteiger partial charge in [0.05, 0.1) is 38.5 Å². The van der Waals surface area contributed by atoms with E-state index < -0.39 is 17.7 Å². The second-order valence-electron chi connectivity index (χ2n) is 7.83. The number of carbonyl (C=O) groups is 2. The number of likely N-dealkylation sites (tertiary alicyclic amines) is 1. The number of carbonyl (C=O) groups excluding carboxylic acids is 2. The number of benzene rings is 2. The fraction of sp³-hybridized carbons (Fsp3) is 0.385. The van der Waals surface area contributed by atoms with Crippen molar-refractivity contribution in [2.24, 2.45) is 0 Å². The lowest BCUT2D eigenvalue weighted by Crippen LogP contribution is -2.38. The Bertz CT molecular complexity index is 1080. The molecule has 8 heteroatoms. The maximum atomic E-state index is 13.3. The van der Waals surface area contributed by atoms with Gasteiger partial charge in [0.1, 0.15) is 11.5 Å². The molecule has 0 saturated carbocycles. The predicted octanol–water partition coefficient (Wildman–Crippen LogP) is 3.48. The first-order valence-electron chi connectivity index (χ1n) is 11.3. The summed E-state index contributed by atoms with van der Waals surface area (Å²) in [5.41, 5.74) is 0.992. The number of Topliss-reactive ketones (excluding diaryl/α,β-unsaturated/α-hetero) is 1. The largest absolute Gasteiger partial charge is 0.507 e. The summed E-state index contributed by atoms with van der Waals surface area (Å²) in [5.74, 6) is -0.268. The number of rotatable bonds is 10. The van der Waals surface area contributed by atoms with E-state index in [1.165, 1.54) is 26.2 Å². The molecule has 34 heavy (non-hydrogen) atoms. The standard InChI is InChI=1S/C26H32N2O6/c1-6-27(7-2)14-15-28-23(17-12-13-20(33-4)21(16-17)34-5)22(25(30)26(28)31)24(29)18-10-8-9-11-19(18)32-3/h8-13,16,23,29H,6-7,14-15H2,1-5H3. The second kappa shape index (κ2) is 11.1. The summed E-state index contributed by atoms with van der Waals surface area (Å²) in [7, 11) is 4.55. The molecule has 3 rings (SSSR count). The number of aliphatic hydroxyl groups excluding tert-OH is 1. The minimum atomic E-state index is -0.791. The number of nitrogens with zero attached hydrogens (tertiary/aromatic N) is 2. The maximum Gasteiger partial charge on any atom is 0.295 e. The molecule has 2 aromatic carbocycles. The van der Waals surface area contributed by atoms with Crippen molar-refractivity contribution in [2.45, 2.75) is 19.9 Å². The molecular formula is C26H32N2O6. The number of para-hydroxylation sites is 1. The van der Waals surface area contributed by atoms with Gasteiger partial charge in [0.2, 0.25) is 0 Å². The van der Waals surface area contributed by atoms with Gasteiger partial charge in [-0.1, -0.05) is 32.0 Å². The lowest BCUT2D eigenvalue weighted by Gasteiger charge is -2.28. The topological polar surface area (TPSA) is 88.5 Å². The van der Waals surface area contributed by atoms with Crippen LogP contribution in [-0.4, -0.2) is 74.1 Å². The zero-order chi connectivity index (χ0) is 24.8. The van der Waals surface area contributed by atoms with Crippen molar-refractivity contribution in [3.05, 3.63) is 59.2 Å². The predicted molar refractivity (Wildman–Crippen MR) is 129 cm³/mol. The van der Waals surface area contributed by atoms with Crippen molar-refractivity contribution in [1.82, 2.24) is 9.80 Å². The minimum absolute atomic E-state index is 0.0151. The van der Waals surface area contributed by atoms with Gasteiger partial charge in [-0.3, -0.25) is 9.59 Å². The van der Waals surface area contributed by atoms with Gasteiger partial charge in [0.15, 0.2) is 11.5 Å². The van der Waals surface area contributed by atoms with Gasteiger partial charge in [-0.25, -0.2) is 0 Å². The van der Waals surface area contributed by atoms with Crippen LogP contribution in [0.15, 0.2) is 48.0 Å². The Morgan fingerprint density at radius 2 is 1.59 bits per heavy atom. The van der Waals surface area contributed by atoms with Crippen LogP contribution in [0.25, 0.3) is 5.76 Å². The van der Waals surface area contributed by atoms with Crippen molar-refractivity contribution < 1.29 is 28.9 Å². The van der Waals surface area contributed by atoms with Crippen LogP contribution >= 0.6 is 0 Å². The van der Waals surface area contributed by atoms with Gasteiger partial charge in [-0.05, 0) is 42.9 Å². The van der Waals surface area contributed by atoms with E-state index in [2.05, 4.69) is 4.90 Å². The number of ketones is 1. The Balaban J connectivity index is 2.18. The van der Waals surface area contributed by atoms with Crippen molar-refractivity contribution in [3.8, 4) is 17.2 Å². The highest BCUT2D eigenvalue weighted by Gasteiger charge is 2.46. The van der Waals surface area contributed by atoms with E-state index in [0.29, 0.717) is 41.5 Å². The fourth-order valence-electron chi connectivity index (χ4n) is 4.25. The van der Waals surface area contributed by atoms with Gasteiger partial charge in [-0.2, -0.15) is 0 Å². The number of ether oxygens (including phenoxy) is 3. The normalized spacial score (nSPS) is 17.4. The summed E-state index contributed by atoms with van der Waals surface area (Å²) in [5, 5.41) is 11.3. The average Bonchev–Trinajstić information content (AvgIpc) is 3.13. The monoisotopic (exact) mass is 468 g/mol. The van der Waals surface area contributed by atoms with Crippen LogP contribution in [0.1, 0.15) is 31.0 Å². The molecule has 1 N–H and O–H groups in total. The summed E-state index contributed by atoms with van der Waals surface area (Å²) >= 11 is 0. The van der Waals surface area contributed by atoms with E-state index in [1.807, 2.05) is 13.8 Å². The van der Waals surface area contributed by atoms with Crippen LogP contribution < -0.4 is 14.2 Å². The van der Waals surface area contributed by atoms with Gasteiger partial charge in [0.25, 0.3) is 11.7 Å².